The fourth-order valence-corrected chi connectivity index (χ4v) is 1.88. The van der Waals surface area contributed by atoms with Crippen LogP contribution in [-0.2, 0) is 0 Å². The first kappa shape index (κ1) is 12.1. The number of fused-ring (bicyclic) bond motifs is 1. The molecular formula is C11H8IN5O2. The molecule has 2 heterocycles. The van der Waals surface area contributed by atoms with Crippen molar-refractivity contribution >= 4 is 45.4 Å². The minimum Gasteiger partial charge on any atom is -0.478 e. The second kappa shape index (κ2) is 4.96. The number of rotatable bonds is 3. The minimum absolute atomic E-state index is 0.310. The number of anilines is 2. The molecule has 3 rings (SSSR count). The van der Waals surface area contributed by atoms with E-state index in [1.165, 1.54) is 7.11 Å². The molecule has 96 valence electrons. The molecule has 3 aromatic rings. The Hall–Kier alpha value is -1.97. The van der Waals surface area contributed by atoms with E-state index in [2.05, 4.69) is 52.8 Å². The van der Waals surface area contributed by atoms with Crippen molar-refractivity contribution in [3.05, 3.63) is 27.8 Å². The molecule has 19 heavy (non-hydrogen) atoms. The van der Waals surface area contributed by atoms with Gasteiger partial charge in [0.1, 0.15) is 0 Å². The van der Waals surface area contributed by atoms with Gasteiger partial charge in [0.15, 0.2) is 5.82 Å². The van der Waals surface area contributed by atoms with E-state index in [1.54, 1.807) is 0 Å². The number of ether oxygens (including phenoxy) is 1. The highest BCUT2D eigenvalue weighted by Crippen LogP contribution is 2.25. The summed E-state index contributed by atoms with van der Waals surface area (Å²) in [5, 5.41) is 10.4. The topological polar surface area (TPSA) is 86.0 Å². The normalized spacial score (nSPS) is 10.6. The van der Waals surface area contributed by atoms with E-state index in [0.29, 0.717) is 23.0 Å². The van der Waals surface area contributed by atoms with Gasteiger partial charge >= 0.3 is 0 Å². The Morgan fingerprint density at radius 2 is 1.79 bits per heavy atom. The van der Waals surface area contributed by atoms with Crippen LogP contribution in [0.3, 0.4) is 0 Å². The van der Waals surface area contributed by atoms with Crippen molar-refractivity contribution in [3.8, 4) is 5.88 Å². The molecule has 1 N–H and O–H groups in total. The van der Waals surface area contributed by atoms with Crippen LogP contribution in [0.15, 0.2) is 28.9 Å². The molecule has 0 aliphatic rings. The fourth-order valence-electron chi connectivity index (χ4n) is 1.52. The van der Waals surface area contributed by atoms with Crippen LogP contribution in [0.1, 0.15) is 0 Å². The Bertz CT molecular complexity index is 713. The molecule has 0 fully saturated rings. The Morgan fingerprint density at radius 3 is 2.47 bits per heavy atom. The maximum atomic E-state index is 5.17. The van der Waals surface area contributed by atoms with Gasteiger partial charge in [0.05, 0.1) is 7.11 Å². The van der Waals surface area contributed by atoms with E-state index in [4.69, 9.17) is 4.74 Å². The molecular weight excluding hydrogens is 361 g/mol. The number of nitrogens with one attached hydrogen (secondary N) is 1. The zero-order valence-electron chi connectivity index (χ0n) is 9.79. The van der Waals surface area contributed by atoms with Crippen molar-refractivity contribution in [2.24, 2.45) is 0 Å². The van der Waals surface area contributed by atoms with Crippen molar-refractivity contribution in [3.63, 3.8) is 0 Å². The summed E-state index contributed by atoms with van der Waals surface area (Å²) in [6.07, 6.45) is 0. The largest absolute Gasteiger partial charge is 0.478 e. The smallest absolute Gasteiger partial charge is 0.259 e. The average molecular weight is 369 g/mol. The predicted molar refractivity (Wildman–Crippen MR) is 76.4 cm³/mol. The molecule has 0 unspecified atom stereocenters. The summed E-state index contributed by atoms with van der Waals surface area (Å²) in [4.78, 5) is 8.41. The third-order valence-corrected chi connectivity index (χ3v) is 3.10. The van der Waals surface area contributed by atoms with E-state index in [1.807, 2.05) is 24.3 Å². The first-order valence-corrected chi connectivity index (χ1v) is 6.41. The zero-order valence-corrected chi connectivity index (χ0v) is 12.0. The van der Waals surface area contributed by atoms with Gasteiger partial charge in [0.25, 0.3) is 5.88 Å². The molecule has 0 saturated carbocycles. The summed E-state index contributed by atoms with van der Waals surface area (Å²) in [7, 11) is 1.52. The highest BCUT2D eigenvalue weighted by Gasteiger charge is 2.13. The summed E-state index contributed by atoms with van der Waals surface area (Å²) in [5.74, 6) is 0.800. The van der Waals surface area contributed by atoms with Gasteiger partial charge < -0.3 is 10.1 Å². The number of nitrogens with zero attached hydrogens (tertiary/aromatic N) is 4. The van der Waals surface area contributed by atoms with Gasteiger partial charge in [-0.15, -0.1) is 0 Å². The number of methoxy groups -OCH3 is 1. The molecule has 0 saturated heterocycles. The molecule has 0 bridgehead atoms. The summed E-state index contributed by atoms with van der Waals surface area (Å²) >= 11 is 2.24. The maximum absolute atomic E-state index is 5.17. The number of aromatic nitrogens is 4. The Kier molecular flexibility index (Phi) is 3.15. The average Bonchev–Trinajstić information content (AvgIpc) is 2.87. The van der Waals surface area contributed by atoms with Crippen molar-refractivity contribution < 1.29 is 9.37 Å². The Balaban J connectivity index is 2.00. The first-order chi connectivity index (χ1) is 9.26. The Labute approximate surface area is 121 Å². The van der Waals surface area contributed by atoms with Crippen LogP contribution in [0.2, 0.25) is 0 Å². The molecule has 0 aliphatic carbocycles. The molecule has 7 nitrogen and oxygen atoms in total. The lowest BCUT2D eigenvalue weighted by molar-refractivity contribution is 0.313. The summed E-state index contributed by atoms with van der Waals surface area (Å²) in [5.41, 5.74) is 1.52. The fraction of sp³-hybridized carbons (Fsp3) is 0.0909. The highest BCUT2D eigenvalue weighted by molar-refractivity contribution is 14.1. The van der Waals surface area contributed by atoms with E-state index in [9.17, 15) is 0 Å². The van der Waals surface area contributed by atoms with Crippen LogP contribution in [0.25, 0.3) is 11.3 Å². The lowest BCUT2D eigenvalue weighted by Gasteiger charge is -2.08. The first-order valence-electron chi connectivity index (χ1n) is 5.33. The van der Waals surface area contributed by atoms with Gasteiger partial charge in [-0.25, -0.2) is 4.63 Å². The number of hydrogen-bond donors (Lipinski definition) is 1. The van der Waals surface area contributed by atoms with Crippen LogP contribution in [-0.4, -0.2) is 27.4 Å². The van der Waals surface area contributed by atoms with Gasteiger partial charge in [0, 0.05) is 9.26 Å². The SMILES string of the molecule is COc1nc2nonc2nc1Nc1ccc(I)cc1. The molecule has 0 spiro atoms. The third kappa shape index (κ3) is 2.43. The van der Waals surface area contributed by atoms with Crippen LogP contribution in [0, 0.1) is 3.57 Å². The van der Waals surface area contributed by atoms with E-state index < -0.39 is 0 Å². The highest BCUT2D eigenvalue weighted by atomic mass is 127. The Morgan fingerprint density at radius 1 is 1.11 bits per heavy atom. The van der Waals surface area contributed by atoms with E-state index in [-0.39, 0.29) is 0 Å². The standard InChI is InChI=1S/C11H8IN5O2/c1-18-11-10(13-7-4-2-6(12)3-5-7)14-8-9(15-11)17-19-16-8/h2-5H,1H3,(H,13,14,16). The van der Waals surface area contributed by atoms with Crippen LogP contribution in [0.5, 0.6) is 5.88 Å². The lowest BCUT2D eigenvalue weighted by Crippen LogP contribution is -2.00. The molecule has 0 amide bonds. The van der Waals surface area contributed by atoms with Crippen LogP contribution in [0.4, 0.5) is 11.5 Å². The summed E-state index contributed by atoms with van der Waals surface area (Å²) < 4.78 is 10.9. The number of halogens is 1. The monoisotopic (exact) mass is 369 g/mol. The third-order valence-electron chi connectivity index (χ3n) is 2.38. The van der Waals surface area contributed by atoms with Gasteiger partial charge in [0.2, 0.25) is 11.3 Å². The molecule has 8 heteroatoms. The quantitative estimate of drug-likeness (QED) is 0.710. The van der Waals surface area contributed by atoms with Gasteiger partial charge in [-0.1, -0.05) is 0 Å². The summed E-state index contributed by atoms with van der Waals surface area (Å²) in [6.45, 7) is 0. The lowest BCUT2D eigenvalue weighted by atomic mass is 10.3. The number of hydrogen-bond acceptors (Lipinski definition) is 7. The van der Waals surface area contributed by atoms with Crippen molar-refractivity contribution in [1.29, 1.82) is 0 Å². The van der Waals surface area contributed by atoms with Crippen molar-refractivity contribution in [2.45, 2.75) is 0 Å². The van der Waals surface area contributed by atoms with Crippen molar-refractivity contribution in [1.82, 2.24) is 20.3 Å². The van der Waals surface area contributed by atoms with Gasteiger partial charge in [-0.05, 0) is 57.2 Å². The molecule has 0 radical (unpaired) electrons. The molecule has 2 aromatic heterocycles. The number of benzene rings is 1. The molecule has 0 aliphatic heterocycles. The van der Waals surface area contributed by atoms with Gasteiger partial charge in [-0.2, -0.15) is 9.97 Å². The van der Waals surface area contributed by atoms with Crippen LogP contribution >= 0.6 is 22.6 Å². The molecule has 1 aromatic carbocycles. The van der Waals surface area contributed by atoms with Crippen molar-refractivity contribution in [2.75, 3.05) is 12.4 Å². The van der Waals surface area contributed by atoms with Gasteiger partial charge in [-0.3, -0.25) is 0 Å². The second-order valence-electron chi connectivity index (χ2n) is 3.62. The summed E-state index contributed by atoms with van der Waals surface area (Å²) in [6, 6.07) is 7.85. The van der Waals surface area contributed by atoms with E-state index in [0.717, 1.165) is 9.26 Å². The zero-order chi connectivity index (χ0) is 13.2. The maximum Gasteiger partial charge on any atom is 0.259 e. The second-order valence-corrected chi connectivity index (χ2v) is 4.87. The van der Waals surface area contributed by atoms with Crippen LogP contribution < -0.4 is 10.1 Å². The molecule has 0 atom stereocenters. The van der Waals surface area contributed by atoms with E-state index >= 15 is 0 Å². The minimum atomic E-state index is 0.310. The predicted octanol–water partition coefficient (Wildman–Crippen LogP) is 2.37.